The molecule has 102 valence electrons. The number of anilines is 1. The molecule has 19 heavy (non-hydrogen) atoms. The summed E-state index contributed by atoms with van der Waals surface area (Å²) >= 11 is 0. The predicted molar refractivity (Wildman–Crippen MR) is 77.7 cm³/mol. The van der Waals surface area contributed by atoms with Gasteiger partial charge in [-0.1, -0.05) is 26.3 Å². The van der Waals surface area contributed by atoms with Gasteiger partial charge in [-0.25, -0.2) is 0 Å². The highest BCUT2D eigenvalue weighted by Gasteiger charge is 2.24. The molecular formula is C16H22N2O. The van der Waals surface area contributed by atoms with Gasteiger partial charge in [0.1, 0.15) is 5.92 Å². The molecule has 0 aromatic heterocycles. The molecule has 1 aromatic rings. The summed E-state index contributed by atoms with van der Waals surface area (Å²) < 4.78 is 0. The predicted octanol–water partition coefficient (Wildman–Crippen LogP) is 3.82. The highest BCUT2D eigenvalue weighted by Crippen LogP contribution is 2.20. The van der Waals surface area contributed by atoms with E-state index in [9.17, 15) is 4.79 Å². The van der Waals surface area contributed by atoms with E-state index in [0.29, 0.717) is 0 Å². The molecule has 3 nitrogen and oxygen atoms in total. The Balaban J connectivity index is 2.80. The fourth-order valence-electron chi connectivity index (χ4n) is 2.33. The lowest BCUT2D eigenvalue weighted by Crippen LogP contribution is -2.27. The Kier molecular flexibility index (Phi) is 5.57. The molecule has 2 atom stereocenters. The van der Waals surface area contributed by atoms with E-state index in [1.54, 1.807) is 0 Å². The molecule has 0 aliphatic heterocycles. The molecule has 1 amide bonds. The summed E-state index contributed by atoms with van der Waals surface area (Å²) in [5.41, 5.74) is 2.97. The maximum absolute atomic E-state index is 12.1. The van der Waals surface area contributed by atoms with Gasteiger partial charge in [0, 0.05) is 5.69 Å². The molecule has 0 heterocycles. The Morgan fingerprint density at radius 1 is 1.32 bits per heavy atom. The molecule has 0 spiro atoms. The van der Waals surface area contributed by atoms with Crippen LogP contribution in [0, 0.1) is 37.0 Å². The summed E-state index contributed by atoms with van der Waals surface area (Å²) in [5, 5.41) is 12.0. The Bertz CT molecular complexity index is 468. The van der Waals surface area contributed by atoms with Crippen molar-refractivity contribution in [3.05, 3.63) is 29.3 Å². The first-order valence-corrected chi connectivity index (χ1v) is 6.76. The van der Waals surface area contributed by atoms with Crippen molar-refractivity contribution in [1.82, 2.24) is 0 Å². The van der Waals surface area contributed by atoms with E-state index in [-0.39, 0.29) is 11.8 Å². The number of aryl methyl sites for hydroxylation is 2. The van der Waals surface area contributed by atoms with Crippen LogP contribution in [0.15, 0.2) is 18.2 Å². The summed E-state index contributed by atoms with van der Waals surface area (Å²) in [6, 6.07) is 8.02. The van der Waals surface area contributed by atoms with Crippen molar-refractivity contribution in [2.45, 2.75) is 40.5 Å². The summed E-state index contributed by atoms with van der Waals surface area (Å²) in [6.07, 6.45) is 1.87. The molecule has 3 heteroatoms. The van der Waals surface area contributed by atoms with Gasteiger partial charge in [-0.3, -0.25) is 4.79 Å². The molecule has 1 rings (SSSR count). The Hall–Kier alpha value is -1.82. The molecule has 0 fully saturated rings. The number of carbonyl (C=O) groups excluding carboxylic acids is 1. The van der Waals surface area contributed by atoms with Crippen LogP contribution in [0.4, 0.5) is 5.69 Å². The molecule has 1 N–H and O–H groups in total. The van der Waals surface area contributed by atoms with E-state index in [2.05, 4.69) is 24.4 Å². The first-order chi connectivity index (χ1) is 8.97. The van der Waals surface area contributed by atoms with E-state index in [1.807, 2.05) is 32.9 Å². The lowest BCUT2D eigenvalue weighted by Gasteiger charge is -2.17. The van der Waals surface area contributed by atoms with E-state index < -0.39 is 5.92 Å². The first kappa shape index (κ1) is 15.2. The molecule has 2 unspecified atom stereocenters. The lowest BCUT2D eigenvalue weighted by molar-refractivity contribution is -0.119. The van der Waals surface area contributed by atoms with Crippen molar-refractivity contribution in [3.8, 4) is 6.07 Å². The molecule has 0 aliphatic carbocycles. The SMILES string of the molecule is CCCC(C)C(C#N)C(=O)Nc1cc(C)cc(C)c1. The van der Waals surface area contributed by atoms with Crippen molar-refractivity contribution >= 4 is 11.6 Å². The number of nitrogens with one attached hydrogen (secondary N) is 1. The number of carbonyl (C=O) groups is 1. The van der Waals surface area contributed by atoms with Crippen LogP contribution in [0.2, 0.25) is 0 Å². The first-order valence-electron chi connectivity index (χ1n) is 6.76. The fraction of sp³-hybridized carbons (Fsp3) is 0.500. The number of hydrogen-bond acceptors (Lipinski definition) is 2. The van der Waals surface area contributed by atoms with Gasteiger partial charge in [-0.15, -0.1) is 0 Å². The minimum absolute atomic E-state index is 0.0842. The highest BCUT2D eigenvalue weighted by atomic mass is 16.1. The van der Waals surface area contributed by atoms with Gasteiger partial charge < -0.3 is 5.32 Å². The van der Waals surface area contributed by atoms with Gasteiger partial charge in [0.15, 0.2) is 0 Å². The third-order valence-corrected chi connectivity index (χ3v) is 3.22. The quantitative estimate of drug-likeness (QED) is 0.873. The second kappa shape index (κ2) is 6.94. The van der Waals surface area contributed by atoms with Crippen LogP contribution in [0.25, 0.3) is 0 Å². The second-order valence-electron chi connectivity index (χ2n) is 5.24. The van der Waals surface area contributed by atoms with Crippen molar-refractivity contribution in [1.29, 1.82) is 5.26 Å². The van der Waals surface area contributed by atoms with Crippen LogP contribution >= 0.6 is 0 Å². The topological polar surface area (TPSA) is 52.9 Å². The van der Waals surface area contributed by atoms with Crippen LogP contribution in [0.5, 0.6) is 0 Å². The number of amides is 1. The summed E-state index contributed by atoms with van der Waals surface area (Å²) in [5.74, 6) is -0.699. The largest absolute Gasteiger partial charge is 0.325 e. The van der Waals surface area contributed by atoms with Gasteiger partial charge in [0.25, 0.3) is 0 Å². The van der Waals surface area contributed by atoms with Gasteiger partial charge in [-0.05, 0) is 49.4 Å². The van der Waals surface area contributed by atoms with E-state index in [1.165, 1.54) is 0 Å². The van der Waals surface area contributed by atoms with Gasteiger partial charge in [-0.2, -0.15) is 5.26 Å². The summed E-state index contributed by atoms with van der Waals surface area (Å²) in [7, 11) is 0. The van der Waals surface area contributed by atoms with Crippen molar-refractivity contribution in [2.24, 2.45) is 11.8 Å². The number of nitrogens with zero attached hydrogens (tertiary/aromatic N) is 1. The van der Waals surface area contributed by atoms with E-state index >= 15 is 0 Å². The highest BCUT2D eigenvalue weighted by molar-refractivity contribution is 5.94. The van der Waals surface area contributed by atoms with Crippen molar-refractivity contribution < 1.29 is 4.79 Å². The number of rotatable bonds is 5. The van der Waals surface area contributed by atoms with Crippen LogP contribution in [0.1, 0.15) is 37.8 Å². The molecule has 0 saturated carbocycles. The number of hydrogen-bond donors (Lipinski definition) is 1. The summed E-state index contributed by atoms with van der Waals surface area (Å²) in [6.45, 7) is 8.00. The zero-order valence-corrected chi connectivity index (χ0v) is 12.2. The average Bonchev–Trinajstić information content (AvgIpc) is 2.28. The average molecular weight is 258 g/mol. The number of benzene rings is 1. The van der Waals surface area contributed by atoms with E-state index in [0.717, 1.165) is 29.7 Å². The maximum atomic E-state index is 12.1. The molecule has 0 bridgehead atoms. The van der Waals surface area contributed by atoms with Crippen LogP contribution < -0.4 is 5.32 Å². The van der Waals surface area contributed by atoms with Crippen molar-refractivity contribution in [2.75, 3.05) is 5.32 Å². The second-order valence-corrected chi connectivity index (χ2v) is 5.24. The monoisotopic (exact) mass is 258 g/mol. The molecular weight excluding hydrogens is 236 g/mol. The Morgan fingerprint density at radius 3 is 2.37 bits per heavy atom. The Morgan fingerprint density at radius 2 is 1.89 bits per heavy atom. The normalized spacial score (nSPS) is 13.4. The smallest absolute Gasteiger partial charge is 0.242 e. The molecule has 1 aromatic carbocycles. The Labute approximate surface area is 115 Å². The third-order valence-electron chi connectivity index (χ3n) is 3.22. The van der Waals surface area contributed by atoms with Gasteiger partial charge >= 0.3 is 0 Å². The van der Waals surface area contributed by atoms with Crippen LogP contribution in [-0.2, 0) is 4.79 Å². The van der Waals surface area contributed by atoms with Crippen LogP contribution in [-0.4, -0.2) is 5.91 Å². The van der Waals surface area contributed by atoms with Gasteiger partial charge in [0.2, 0.25) is 5.91 Å². The molecule has 0 saturated heterocycles. The minimum atomic E-state index is -0.583. The van der Waals surface area contributed by atoms with Gasteiger partial charge in [0.05, 0.1) is 6.07 Å². The molecule has 0 aliphatic rings. The van der Waals surface area contributed by atoms with Crippen LogP contribution in [0.3, 0.4) is 0 Å². The van der Waals surface area contributed by atoms with Crippen molar-refractivity contribution in [3.63, 3.8) is 0 Å². The molecule has 0 radical (unpaired) electrons. The lowest BCUT2D eigenvalue weighted by atomic mass is 9.90. The zero-order valence-electron chi connectivity index (χ0n) is 12.2. The third kappa shape index (κ3) is 4.40. The van der Waals surface area contributed by atoms with E-state index in [4.69, 9.17) is 5.26 Å². The fourth-order valence-corrected chi connectivity index (χ4v) is 2.33. The number of nitriles is 1. The zero-order chi connectivity index (χ0) is 14.4. The summed E-state index contributed by atoms with van der Waals surface area (Å²) in [4.78, 5) is 12.1. The maximum Gasteiger partial charge on any atom is 0.242 e. The standard InChI is InChI=1S/C16H22N2O/c1-5-6-13(4)15(10-17)16(19)18-14-8-11(2)7-12(3)9-14/h7-9,13,15H,5-6H2,1-4H3,(H,18,19). The minimum Gasteiger partial charge on any atom is -0.325 e.